The summed E-state index contributed by atoms with van der Waals surface area (Å²) in [6.07, 6.45) is 6.04. The van der Waals surface area contributed by atoms with Crippen molar-refractivity contribution in [3.05, 3.63) is 41.6 Å². The molecule has 164 valence electrons. The summed E-state index contributed by atoms with van der Waals surface area (Å²) in [6, 6.07) is 8.96. The number of nitrogens with zero attached hydrogens (tertiary/aromatic N) is 1. The van der Waals surface area contributed by atoms with Gasteiger partial charge in [0.2, 0.25) is 10.0 Å². The third-order valence-corrected chi connectivity index (χ3v) is 6.75. The highest BCUT2D eigenvalue weighted by Gasteiger charge is 2.23. The second-order valence-electron chi connectivity index (χ2n) is 9.42. The number of benzene rings is 1. The summed E-state index contributed by atoms with van der Waals surface area (Å²) >= 11 is 0. The van der Waals surface area contributed by atoms with Gasteiger partial charge >= 0.3 is 0 Å². The molecule has 1 aromatic heterocycles. The molecule has 1 aliphatic rings. The van der Waals surface area contributed by atoms with E-state index in [0.29, 0.717) is 17.2 Å². The van der Waals surface area contributed by atoms with E-state index >= 15 is 0 Å². The van der Waals surface area contributed by atoms with E-state index in [1.165, 1.54) is 19.3 Å². The normalized spacial score (nSPS) is 15.9. The third kappa shape index (κ3) is 5.32. The van der Waals surface area contributed by atoms with Crippen molar-refractivity contribution in [2.45, 2.75) is 76.8 Å². The Labute approximate surface area is 179 Å². The Kier molecular flexibility index (Phi) is 6.43. The van der Waals surface area contributed by atoms with Crippen molar-refractivity contribution in [3.63, 3.8) is 0 Å². The fraction of sp³-hybridized carbons (Fsp3) is 0.522. The first-order valence-corrected chi connectivity index (χ1v) is 12.2. The lowest BCUT2D eigenvalue weighted by molar-refractivity contribution is 0.0919. The standard InChI is InChI=1S/C23H33N3O3S/c1-16-21(30(24,28)29)14-20(26(16)15-17-8-6-5-7-9-17)18-10-12-19(13-11-18)22(27)25-23(2,3)4/h10-14,17H,5-9,15H2,1-4H3,(H,25,27)(H2,24,28,29). The lowest BCUT2D eigenvalue weighted by Gasteiger charge is -2.24. The maximum atomic E-state index is 12.4. The van der Waals surface area contributed by atoms with Gasteiger partial charge in [-0.15, -0.1) is 0 Å². The molecule has 3 rings (SSSR count). The predicted octanol–water partition coefficient (Wildman–Crippen LogP) is 4.22. The van der Waals surface area contributed by atoms with Gasteiger partial charge in [-0.25, -0.2) is 13.6 Å². The molecular weight excluding hydrogens is 398 g/mol. The van der Waals surface area contributed by atoms with Crippen molar-refractivity contribution in [1.29, 1.82) is 0 Å². The van der Waals surface area contributed by atoms with Crippen LogP contribution in [0.1, 0.15) is 68.9 Å². The first-order chi connectivity index (χ1) is 14.0. The van der Waals surface area contributed by atoms with Crippen molar-refractivity contribution < 1.29 is 13.2 Å². The maximum Gasteiger partial charge on any atom is 0.251 e. The maximum absolute atomic E-state index is 12.4. The molecule has 0 radical (unpaired) electrons. The summed E-state index contributed by atoms with van der Waals surface area (Å²) in [7, 11) is -3.81. The Hall–Kier alpha value is -2.12. The molecule has 1 saturated carbocycles. The Morgan fingerprint density at radius 1 is 1.13 bits per heavy atom. The van der Waals surface area contributed by atoms with Crippen LogP contribution in [0.15, 0.2) is 35.2 Å². The monoisotopic (exact) mass is 431 g/mol. The number of aromatic nitrogens is 1. The summed E-state index contributed by atoms with van der Waals surface area (Å²) in [5.41, 5.74) is 2.63. The summed E-state index contributed by atoms with van der Waals surface area (Å²) in [5.74, 6) is 0.404. The third-order valence-electron chi connectivity index (χ3n) is 5.72. The molecule has 1 amide bonds. The first-order valence-electron chi connectivity index (χ1n) is 10.6. The van der Waals surface area contributed by atoms with Gasteiger partial charge in [-0.3, -0.25) is 4.79 Å². The van der Waals surface area contributed by atoms with Crippen LogP contribution in [0.4, 0.5) is 0 Å². The molecule has 0 spiro atoms. The van der Waals surface area contributed by atoms with Crippen LogP contribution in [0, 0.1) is 12.8 Å². The lowest BCUT2D eigenvalue weighted by atomic mass is 9.89. The zero-order valence-electron chi connectivity index (χ0n) is 18.4. The molecule has 0 saturated heterocycles. The number of hydrogen-bond donors (Lipinski definition) is 2. The van der Waals surface area contributed by atoms with Crippen LogP contribution in [0.2, 0.25) is 0 Å². The molecular formula is C23H33N3O3S. The van der Waals surface area contributed by atoms with Crippen molar-refractivity contribution in [1.82, 2.24) is 9.88 Å². The van der Waals surface area contributed by atoms with Crippen LogP contribution in [-0.4, -0.2) is 24.4 Å². The van der Waals surface area contributed by atoms with Crippen molar-refractivity contribution in [3.8, 4) is 11.3 Å². The molecule has 1 aliphatic carbocycles. The van der Waals surface area contributed by atoms with Gasteiger partial charge in [0.1, 0.15) is 4.90 Å². The number of carbonyl (C=O) groups is 1. The van der Waals surface area contributed by atoms with Gasteiger partial charge in [0.15, 0.2) is 0 Å². The van der Waals surface area contributed by atoms with Gasteiger partial charge in [-0.2, -0.15) is 0 Å². The van der Waals surface area contributed by atoms with Gasteiger partial charge in [0.25, 0.3) is 5.91 Å². The molecule has 3 N–H and O–H groups in total. The molecule has 1 fully saturated rings. The van der Waals surface area contributed by atoms with E-state index in [1.807, 2.05) is 39.8 Å². The number of amides is 1. The molecule has 0 bridgehead atoms. The minimum absolute atomic E-state index is 0.131. The molecule has 7 heteroatoms. The second-order valence-corrected chi connectivity index (χ2v) is 11.0. The number of primary sulfonamides is 1. The van der Waals surface area contributed by atoms with Crippen LogP contribution in [-0.2, 0) is 16.6 Å². The highest BCUT2D eigenvalue weighted by Crippen LogP contribution is 2.32. The molecule has 0 atom stereocenters. The van der Waals surface area contributed by atoms with E-state index in [-0.39, 0.29) is 16.3 Å². The second kappa shape index (κ2) is 8.55. The minimum atomic E-state index is -3.81. The highest BCUT2D eigenvalue weighted by molar-refractivity contribution is 7.89. The SMILES string of the molecule is Cc1c(S(N)(=O)=O)cc(-c2ccc(C(=O)NC(C)(C)C)cc2)n1CC1CCCCC1. The van der Waals surface area contributed by atoms with Gasteiger partial charge in [-0.05, 0) is 70.2 Å². The van der Waals surface area contributed by atoms with Crippen LogP contribution >= 0.6 is 0 Å². The number of nitrogens with one attached hydrogen (secondary N) is 1. The van der Waals surface area contributed by atoms with Gasteiger partial charge in [-0.1, -0.05) is 31.4 Å². The zero-order chi connectivity index (χ0) is 22.1. The van der Waals surface area contributed by atoms with Gasteiger partial charge < -0.3 is 9.88 Å². The van der Waals surface area contributed by atoms with Gasteiger partial charge in [0.05, 0.1) is 0 Å². The Morgan fingerprint density at radius 2 is 1.73 bits per heavy atom. The van der Waals surface area contributed by atoms with Crippen molar-refractivity contribution >= 4 is 15.9 Å². The van der Waals surface area contributed by atoms with E-state index in [1.54, 1.807) is 18.2 Å². The summed E-state index contributed by atoms with van der Waals surface area (Å²) in [4.78, 5) is 12.6. The zero-order valence-corrected chi connectivity index (χ0v) is 19.2. The van der Waals surface area contributed by atoms with E-state index < -0.39 is 10.0 Å². The molecule has 6 nitrogen and oxygen atoms in total. The summed E-state index contributed by atoms with van der Waals surface area (Å²) in [5, 5.41) is 8.43. The molecule has 0 aliphatic heterocycles. The van der Waals surface area contributed by atoms with Crippen LogP contribution in [0.3, 0.4) is 0 Å². The smallest absolute Gasteiger partial charge is 0.251 e. The first kappa shape index (κ1) is 22.6. The number of rotatable bonds is 5. The van der Waals surface area contributed by atoms with Crippen LogP contribution < -0.4 is 10.5 Å². The Bertz CT molecular complexity index is 1010. The van der Waals surface area contributed by atoms with E-state index in [9.17, 15) is 13.2 Å². The Morgan fingerprint density at radius 3 is 2.27 bits per heavy atom. The number of carbonyl (C=O) groups excluding carboxylic acids is 1. The molecule has 0 unspecified atom stereocenters. The van der Waals surface area contributed by atoms with Gasteiger partial charge in [0, 0.05) is 29.0 Å². The average Bonchev–Trinajstić information content (AvgIpc) is 2.98. The highest BCUT2D eigenvalue weighted by atomic mass is 32.2. The van der Waals surface area contributed by atoms with E-state index in [4.69, 9.17) is 5.14 Å². The lowest BCUT2D eigenvalue weighted by Crippen LogP contribution is -2.40. The number of hydrogen-bond acceptors (Lipinski definition) is 3. The number of nitrogens with two attached hydrogens (primary N) is 1. The fourth-order valence-electron chi connectivity index (χ4n) is 4.22. The molecule has 2 aromatic rings. The predicted molar refractivity (Wildman–Crippen MR) is 120 cm³/mol. The molecule has 1 heterocycles. The summed E-state index contributed by atoms with van der Waals surface area (Å²) < 4.78 is 26.3. The quantitative estimate of drug-likeness (QED) is 0.742. The minimum Gasteiger partial charge on any atom is -0.347 e. The van der Waals surface area contributed by atoms with E-state index in [2.05, 4.69) is 9.88 Å². The fourth-order valence-corrected chi connectivity index (χ4v) is 5.01. The van der Waals surface area contributed by atoms with Crippen LogP contribution in [0.5, 0.6) is 0 Å². The topological polar surface area (TPSA) is 94.2 Å². The molecule has 1 aromatic carbocycles. The summed E-state index contributed by atoms with van der Waals surface area (Å²) in [6.45, 7) is 8.42. The molecule has 30 heavy (non-hydrogen) atoms. The Balaban J connectivity index is 1.96. The van der Waals surface area contributed by atoms with E-state index in [0.717, 1.165) is 30.6 Å². The number of sulfonamides is 1. The average molecular weight is 432 g/mol. The van der Waals surface area contributed by atoms with Crippen molar-refractivity contribution in [2.24, 2.45) is 11.1 Å². The van der Waals surface area contributed by atoms with Crippen LogP contribution in [0.25, 0.3) is 11.3 Å². The largest absolute Gasteiger partial charge is 0.347 e. The van der Waals surface area contributed by atoms with Crippen molar-refractivity contribution in [2.75, 3.05) is 0 Å².